The number of hydrogen-bond acceptors (Lipinski definition) is 5. The van der Waals surface area contributed by atoms with E-state index in [4.69, 9.17) is 0 Å². The van der Waals surface area contributed by atoms with Gasteiger partial charge in [0.15, 0.2) is 6.29 Å². The molecule has 1 heterocycles. The molecule has 1 fully saturated rings. The fourth-order valence-corrected chi connectivity index (χ4v) is 7.37. The van der Waals surface area contributed by atoms with Crippen molar-refractivity contribution in [3.05, 3.63) is 90.5 Å². The largest absolute Gasteiger partial charge is 0.374 e. The molecule has 0 spiro atoms. The van der Waals surface area contributed by atoms with E-state index in [2.05, 4.69) is 17.1 Å². The quantitative estimate of drug-likeness (QED) is 0.209. The second kappa shape index (κ2) is 12.9. The van der Waals surface area contributed by atoms with Crippen LogP contribution in [0.5, 0.6) is 0 Å². The normalized spacial score (nSPS) is 15.8. The van der Waals surface area contributed by atoms with Crippen LogP contribution in [0.15, 0.2) is 89.8 Å². The molecule has 4 aromatic carbocycles. The van der Waals surface area contributed by atoms with Crippen LogP contribution < -0.4 is 10.2 Å². The van der Waals surface area contributed by atoms with Gasteiger partial charge in [-0.15, -0.1) is 0 Å². The molecule has 0 saturated carbocycles. The number of carbonyl (C=O) groups excluding carboxylic acids is 2. The zero-order valence-corrected chi connectivity index (χ0v) is 24.9. The molecule has 218 valence electrons. The third-order valence-corrected chi connectivity index (χ3v) is 9.94. The van der Waals surface area contributed by atoms with Gasteiger partial charge >= 0.3 is 0 Å². The van der Waals surface area contributed by atoms with E-state index in [-0.39, 0.29) is 17.3 Å². The minimum Gasteiger partial charge on any atom is -0.374 e. The van der Waals surface area contributed by atoms with Gasteiger partial charge in [-0.2, -0.15) is 4.31 Å². The molecular weight excluding hydrogens is 546 g/mol. The van der Waals surface area contributed by atoms with Crippen LogP contribution in [0, 0.1) is 0 Å². The lowest BCUT2D eigenvalue weighted by atomic mass is 10.00. The molecule has 1 aliphatic heterocycles. The number of aldehydes is 1. The van der Waals surface area contributed by atoms with Crippen LogP contribution in [0.1, 0.15) is 49.4 Å². The lowest BCUT2D eigenvalue weighted by Crippen LogP contribution is -2.49. The molecule has 1 unspecified atom stereocenters. The summed E-state index contributed by atoms with van der Waals surface area (Å²) in [6.07, 6.45) is 4.78. The standard InChI is InChI=1S/C34H37N3O4S/c1-3-4-22-36(2)31-21-20-30(29-14-10-13-27(24-38)33(29)31)35-34(39)32-15-8-9-23-37(32)42(40,41)28-18-16-26(17-19-28)25-11-6-5-7-12-25/h5-7,10-14,16-21,24,32H,3-4,8-9,15,22-23H2,1-2H3,(H,35,39). The first kappa shape index (κ1) is 29.5. The molecule has 1 saturated heterocycles. The topological polar surface area (TPSA) is 86.8 Å². The number of sulfonamides is 1. The van der Waals surface area contributed by atoms with Crippen molar-refractivity contribution < 1.29 is 18.0 Å². The van der Waals surface area contributed by atoms with Gasteiger partial charge in [0, 0.05) is 47.8 Å². The monoisotopic (exact) mass is 583 g/mol. The highest BCUT2D eigenvalue weighted by Gasteiger charge is 2.38. The van der Waals surface area contributed by atoms with E-state index in [1.807, 2.05) is 55.6 Å². The summed E-state index contributed by atoms with van der Waals surface area (Å²) in [5, 5.41) is 4.54. The van der Waals surface area contributed by atoms with Crippen molar-refractivity contribution in [1.29, 1.82) is 0 Å². The third-order valence-electron chi connectivity index (χ3n) is 8.02. The molecule has 1 N–H and O–H groups in total. The summed E-state index contributed by atoms with van der Waals surface area (Å²) in [6.45, 7) is 3.25. The lowest BCUT2D eigenvalue weighted by molar-refractivity contribution is -0.120. The number of carbonyl (C=O) groups is 2. The van der Waals surface area contributed by atoms with Crippen molar-refractivity contribution in [3.8, 4) is 11.1 Å². The number of hydrogen-bond donors (Lipinski definition) is 1. The summed E-state index contributed by atoms with van der Waals surface area (Å²) in [5.74, 6) is -0.371. The lowest BCUT2D eigenvalue weighted by Gasteiger charge is -2.34. The fourth-order valence-electron chi connectivity index (χ4n) is 5.71. The van der Waals surface area contributed by atoms with Crippen LogP contribution in [0.25, 0.3) is 21.9 Å². The maximum atomic E-state index is 13.8. The number of anilines is 2. The molecule has 42 heavy (non-hydrogen) atoms. The number of nitrogens with one attached hydrogen (secondary N) is 1. The Kier molecular flexibility index (Phi) is 9.04. The molecule has 7 nitrogen and oxygen atoms in total. The molecule has 0 aromatic heterocycles. The summed E-state index contributed by atoms with van der Waals surface area (Å²) < 4.78 is 29.0. The Hall–Kier alpha value is -4.01. The van der Waals surface area contributed by atoms with Crippen molar-refractivity contribution in [2.24, 2.45) is 0 Å². The van der Waals surface area contributed by atoms with Gasteiger partial charge < -0.3 is 10.2 Å². The van der Waals surface area contributed by atoms with E-state index in [0.29, 0.717) is 24.1 Å². The average Bonchev–Trinajstić information content (AvgIpc) is 3.03. The Morgan fingerprint density at radius 3 is 2.40 bits per heavy atom. The average molecular weight is 584 g/mol. The van der Waals surface area contributed by atoms with E-state index >= 15 is 0 Å². The Labute approximate surface area is 248 Å². The second-order valence-corrected chi connectivity index (χ2v) is 12.7. The predicted molar refractivity (Wildman–Crippen MR) is 170 cm³/mol. The van der Waals surface area contributed by atoms with Crippen molar-refractivity contribution in [1.82, 2.24) is 4.31 Å². The van der Waals surface area contributed by atoms with E-state index in [1.165, 1.54) is 4.31 Å². The van der Waals surface area contributed by atoms with Gasteiger partial charge in [-0.25, -0.2) is 8.42 Å². The van der Waals surface area contributed by atoms with Crippen LogP contribution in [0.2, 0.25) is 0 Å². The smallest absolute Gasteiger partial charge is 0.243 e. The number of amides is 1. The molecule has 8 heteroatoms. The Bertz CT molecular complexity index is 1670. The molecule has 4 aromatic rings. The molecule has 0 radical (unpaired) electrons. The van der Waals surface area contributed by atoms with Gasteiger partial charge in [0.05, 0.1) is 4.90 Å². The highest BCUT2D eigenvalue weighted by atomic mass is 32.2. The van der Waals surface area contributed by atoms with Gasteiger partial charge in [-0.1, -0.05) is 80.4 Å². The summed E-state index contributed by atoms with van der Waals surface area (Å²) in [4.78, 5) is 28.1. The number of nitrogens with zero attached hydrogens (tertiary/aromatic N) is 2. The van der Waals surface area contributed by atoms with Crippen molar-refractivity contribution in [2.45, 2.75) is 50.0 Å². The van der Waals surface area contributed by atoms with Gasteiger partial charge in [0.25, 0.3) is 0 Å². The van der Waals surface area contributed by atoms with Crippen LogP contribution in [0.3, 0.4) is 0 Å². The number of benzene rings is 4. The highest BCUT2D eigenvalue weighted by Crippen LogP contribution is 2.35. The first-order valence-electron chi connectivity index (χ1n) is 14.6. The van der Waals surface area contributed by atoms with E-state index in [1.54, 1.807) is 36.4 Å². The second-order valence-electron chi connectivity index (χ2n) is 10.8. The maximum Gasteiger partial charge on any atom is 0.243 e. The zero-order valence-electron chi connectivity index (χ0n) is 24.1. The van der Waals surface area contributed by atoms with Crippen molar-refractivity contribution >= 4 is 44.4 Å². The zero-order chi connectivity index (χ0) is 29.7. The van der Waals surface area contributed by atoms with E-state index in [9.17, 15) is 18.0 Å². The molecule has 1 atom stereocenters. The summed E-state index contributed by atoms with van der Waals surface area (Å²) >= 11 is 0. The molecule has 1 amide bonds. The molecule has 5 rings (SSSR count). The summed E-state index contributed by atoms with van der Waals surface area (Å²) in [6, 6.07) is 25.0. The van der Waals surface area contributed by atoms with Gasteiger partial charge in [0.1, 0.15) is 6.04 Å². The minimum absolute atomic E-state index is 0.169. The minimum atomic E-state index is -3.91. The number of unbranched alkanes of at least 4 members (excludes halogenated alkanes) is 1. The van der Waals surface area contributed by atoms with Crippen LogP contribution >= 0.6 is 0 Å². The summed E-state index contributed by atoms with van der Waals surface area (Å²) in [7, 11) is -1.91. The Balaban J connectivity index is 1.43. The van der Waals surface area contributed by atoms with E-state index in [0.717, 1.165) is 59.7 Å². The summed E-state index contributed by atoms with van der Waals surface area (Å²) in [5.41, 5.74) is 3.95. The SMILES string of the molecule is CCCCN(C)c1ccc(NC(=O)C2CCCCN2S(=O)(=O)c2ccc(-c3ccccc3)cc2)c2cccc(C=O)c12. The van der Waals surface area contributed by atoms with Crippen LogP contribution in [-0.2, 0) is 14.8 Å². The maximum absolute atomic E-state index is 13.8. The third kappa shape index (κ3) is 5.96. The predicted octanol–water partition coefficient (Wildman–Crippen LogP) is 6.74. The first-order valence-corrected chi connectivity index (χ1v) is 16.0. The van der Waals surface area contributed by atoms with Crippen LogP contribution in [0.4, 0.5) is 11.4 Å². The first-order chi connectivity index (χ1) is 20.3. The molecule has 0 bridgehead atoms. The van der Waals surface area contributed by atoms with Gasteiger partial charge in [-0.05, 0) is 54.7 Å². The Morgan fingerprint density at radius 2 is 1.69 bits per heavy atom. The highest BCUT2D eigenvalue weighted by molar-refractivity contribution is 7.89. The number of piperidine rings is 1. The van der Waals surface area contributed by atoms with Crippen LogP contribution in [-0.4, -0.2) is 51.1 Å². The van der Waals surface area contributed by atoms with Gasteiger partial charge in [-0.3, -0.25) is 9.59 Å². The molecule has 0 aliphatic carbocycles. The van der Waals surface area contributed by atoms with Crippen molar-refractivity contribution in [2.75, 3.05) is 30.4 Å². The van der Waals surface area contributed by atoms with Gasteiger partial charge in [0.2, 0.25) is 15.9 Å². The number of rotatable bonds is 10. The van der Waals surface area contributed by atoms with E-state index < -0.39 is 16.1 Å². The molecular formula is C34H37N3O4S. The molecule has 1 aliphatic rings. The fraction of sp³-hybridized carbons (Fsp3) is 0.294. The number of fused-ring (bicyclic) bond motifs is 1. The van der Waals surface area contributed by atoms with Crippen molar-refractivity contribution in [3.63, 3.8) is 0 Å². The Morgan fingerprint density at radius 1 is 0.952 bits per heavy atom.